The molecular weight excluding hydrogens is 360 g/mol. The molecule has 0 aromatic heterocycles. The highest BCUT2D eigenvalue weighted by atomic mass is 32.2. The van der Waals surface area contributed by atoms with Gasteiger partial charge in [0.25, 0.3) is 0 Å². The van der Waals surface area contributed by atoms with Gasteiger partial charge in [-0.2, -0.15) is 0 Å². The number of nitrogens with zero attached hydrogens (tertiary/aromatic N) is 2. The van der Waals surface area contributed by atoms with Crippen LogP contribution in [0.5, 0.6) is 0 Å². The van der Waals surface area contributed by atoms with Crippen LogP contribution in [0.2, 0.25) is 0 Å². The Labute approximate surface area is 161 Å². The smallest absolute Gasteiger partial charge is 0.232 e. The second kappa shape index (κ2) is 8.13. The van der Waals surface area contributed by atoms with E-state index in [-0.39, 0.29) is 5.91 Å². The zero-order valence-electron chi connectivity index (χ0n) is 15.9. The van der Waals surface area contributed by atoms with Crippen molar-refractivity contribution < 1.29 is 13.2 Å². The van der Waals surface area contributed by atoms with Gasteiger partial charge in [0.15, 0.2) is 0 Å². The lowest BCUT2D eigenvalue weighted by Crippen LogP contribution is -2.37. The Balaban J connectivity index is 1.60. The highest BCUT2D eigenvalue weighted by molar-refractivity contribution is 7.92. The number of carbonyl (C=O) groups is 1. The molecule has 0 saturated carbocycles. The third-order valence-electron chi connectivity index (χ3n) is 4.93. The van der Waals surface area contributed by atoms with E-state index in [0.717, 1.165) is 18.5 Å². The van der Waals surface area contributed by atoms with Crippen molar-refractivity contribution in [3.63, 3.8) is 0 Å². The summed E-state index contributed by atoms with van der Waals surface area (Å²) in [5.41, 5.74) is 4.17. The largest absolute Gasteiger partial charge is 0.338 e. The summed E-state index contributed by atoms with van der Waals surface area (Å²) < 4.78 is 25.8. The molecule has 5 nitrogen and oxygen atoms in total. The van der Waals surface area contributed by atoms with E-state index in [1.807, 2.05) is 42.2 Å². The van der Waals surface area contributed by atoms with Crippen LogP contribution in [-0.4, -0.2) is 38.6 Å². The van der Waals surface area contributed by atoms with E-state index in [0.29, 0.717) is 31.6 Å². The SMILES string of the molecule is Cc1cccc(N(CCCC(=O)N2CCc3ccccc3C2)S(C)(=O)=O)c1. The molecule has 2 aromatic rings. The average molecular weight is 387 g/mol. The predicted molar refractivity (Wildman–Crippen MR) is 108 cm³/mol. The number of benzene rings is 2. The molecule has 1 heterocycles. The molecule has 0 N–H and O–H groups in total. The van der Waals surface area contributed by atoms with Gasteiger partial charge in [-0.1, -0.05) is 36.4 Å². The molecule has 0 fully saturated rings. The number of rotatable bonds is 6. The maximum absolute atomic E-state index is 12.6. The predicted octanol–water partition coefficient (Wildman–Crippen LogP) is 3.13. The van der Waals surface area contributed by atoms with E-state index in [1.165, 1.54) is 21.7 Å². The van der Waals surface area contributed by atoms with Crippen molar-refractivity contribution >= 4 is 21.6 Å². The fraction of sp³-hybridized carbons (Fsp3) is 0.381. The lowest BCUT2D eigenvalue weighted by molar-refractivity contribution is -0.132. The summed E-state index contributed by atoms with van der Waals surface area (Å²) in [4.78, 5) is 14.5. The van der Waals surface area contributed by atoms with E-state index in [2.05, 4.69) is 12.1 Å². The summed E-state index contributed by atoms with van der Waals surface area (Å²) in [5, 5.41) is 0. The highest BCUT2D eigenvalue weighted by Crippen LogP contribution is 2.21. The van der Waals surface area contributed by atoms with Crippen LogP contribution in [0.25, 0.3) is 0 Å². The number of carbonyl (C=O) groups excluding carboxylic acids is 1. The minimum atomic E-state index is -3.39. The number of anilines is 1. The molecular formula is C21H26N2O3S. The molecule has 0 saturated heterocycles. The van der Waals surface area contributed by atoms with E-state index < -0.39 is 10.0 Å². The molecule has 27 heavy (non-hydrogen) atoms. The van der Waals surface area contributed by atoms with Crippen molar-refractivity contribution in [3.8, 4) is 0 Å². The molecule has 0 unspecified atom stereocenters. The molecule has 144 valence electrons. The topological polar surface area (TPSA) is 57.7 Å². The van der Waals surface area contributed by atoms with E-state index in [1.54, 1.807) is 6.07 Å². The molecule has 0 aliphatic carbocycles. The fourth-order valence-electron chi connectivity index (χ4n) is 3.51. The lowest BCUT2D eigenvalue weighted by atomic mass is 9.99. The average Bonchev–Trinajstić information content (AvgIpc) is 2.63. The van der Waals surface area contributed by atoms with Crippen molar-refractivity contribution in [2.45, 2.75) is 32.7 Å². The summed E-state index contributed by atoms with van der Waals surface area (Å²) in [7, 11) is -3.39. The number of fused-ring (bicyclic) bond motifs is 1. The van der Waals surface area contributed by atoms with Crippen LogP contribution in [-0.2, 0) is 27.8 Å². The van der Waals surface area contributed by atoms with Gasteiger partial charge in [0.2, 0.25) is 15.9 Å². The molecule has 0 atom stereocenters. The summed E-state index contributed by atoms with van der Waals surface area (Å²) in [5.74, 6) is 0.0854. The maximum Gasteiger partial charge on any atom is 0.232 e. The Hall–Kier alpha value is -2.34. The van der Waals surface area contributed by atoms with Crippen molar-refractivity contribution in [2.75, 3.05) is 23.7 Å². The van der Waals surface area contributed by atoms with Crippen molar-refractivity contribution in [3.05, 3.63) is 65.2 Å². The maximum atomic E-state index is 12.6. The van der Waals surface area contributed by atoms with Crippen LogP contribution in [0.1, 0.15) is 29.5 Å². The Kier molecular flexibility index (Phi) is 5.85. The van der Waals surface area contributed by atoms with Gasteiger partial charge < -0.3 is 4.90 Å². The van der Waals surface area contributed by atoms with Gasteiger partial charge >= 0.3 is 0 Å². The first-order valence-corrected chi connectivity index (χ1v) is 11.1. The molecule has 1 aliphatic rings. The van der Waals surface area contributed by atoms with Crippen molar-refractivity contribution in [1.29, 1.82) is 0 Å². The minimum Gasteiger partial charge on any atom is -0.338 e. The Bertz CT molecular complexity index is 925. The Morgan fingerprint density at radius 3 is 2.56 bits per heavy atom. The second-order valence-electron chi connectivity index (χ2n) is 7.11. The van der Waals surface area contributed by atoms with Gasteiger partial charge in [-0.3, -0.25) is 9.10 Å². The van der Waals surface area contributed by atoms with Crippen molar-refractivity contribution in [2.24, 2.45) is 0 Å². The third-order valence-corrected chi connectivity index (χ3v) is 6.12. The van der Waals surface area contributed by atoms with Crippen molar-refractivity contribution in [1.82, 2.24) is 4.90 Å². The number of hydrogen-bond acceptors (Lipinski definition) is 3. The molecule has 6 heteroatoms. The molecule has 0 radical (unpaired) electrons. The van der Waals surface area contributed by atoms with Crippen LogP contribution in [0.15, 0.2) is 48.5 Å². The molecule has 1 aliphatic heterocycles. The van der Waals surface area contributed by atoms with Crippen LogP contribution < -0.4 is 4.31 Å². The van der Waals surface area contributed by atoms with Gasteiger partial charge in [-0.05, 0) is 48.6 Å². The second-order valence-corrected chi connectivity index (χ2v) is 9.02. The first-order chi connectivity index (χ1) is 12.8. The Morgan fingerprint density at radius 1 is 1.11 bits per heavy atom. The van der Waals surface area contributed by atoms with Gasteiger partial charge in [0, 0.05) is 26.1 Å². The number of hydrogen-bond donors (Lipinski definition) is 0. The molecule has 0 spiro atoms. The zero-order valence-corrected chi connectivity index (χ0v) is 16.7. The monoisotopic (exact) mass is 386 g/mol. The van der Waals surface area contributed by atoms with E-state index in [9.17, 15) is 13.2 Å². The van der Waals surface area contributed by atoms with Gasteiger partial charge in [-0.25, -0.2) is 8.42 Å². The summed E-state index contributed by atoms with van der Waals surface area (Å²) in [6.07, 6.45) is 2.93. The summed E-state index contributed by atoms with van der Waals surface area (Å²) in [6, 6.07) is 15.6. The quantitative estimate of drug-likeness (QED) is 0.766. The van der Waals surface area contributed by atoms with Gasteiger partial charge in [0.1, 0.15) is 0 Å². The van der Waals surface area contributed by atoms with Crippen LogP contribution >= 0.6 is 0 Å². The minimum absolute atomic E-state index is 0.0854. The first kappa shape index (κ1) is 19.4. The number of sulfonamides is 1. The first-order valence-electron chi connectivity index (χ1n) is 9.23. The lowest BCUT2D eigenvalue weighted by Gasteiger charge is -2.29. The molecule has 0 bridgehead atoms. The molecule has 1 amide bonds. The highest BCUT2D eigenvalue weighted by Gasteiger charge is 2.22. The van der Waals surface area contributed by atoms with E-state index in [4.69, 9.17) is 0 Å². The van der Waals surface area contributed by atoms with Crippen LogP contribution in [0.4, 0.5) is 5.69 Å². The number of amides is 1. The summed E-state index contributed by atoms with van der Waals surface area (Å²) in [6.45, 7) is 3.60. The van der Waals surface area contributed by atoms with Crippen LogP contribution in [0, 0.1) is 6.92 Å². The molecule has 2 aromatic carbocycles. The van der Waals surface area contributed by atoms with Gasteiger partial charge in [-0.15, -0.1) is 0 Å². The summed E-state index contributed by atoms with van der Waals surface area (Å²) >= 11 is 0. The van der Waals surface area contributed by atoms with E-state index >= 15 is 0 Å². The fourth-order valence-corrected chi connectivity index (χ4v) is 4.47. The normalized spacial score (nSPS) is 13.9. The Morgan fingerprint density at radius 2 is 1.85 bits per heavy atom. The number of aryl methyl sites for hydroxylation is 1. The standard InChI is InChI=1S/C21H26N2O3S/c1-17-7-5-10-20(15-17)23(27(2,25)26)13-6-11-21(24)22-14-12-18-8-3-4-9-19(18)16-22/h3-5,7-10,15H,6,11-14,16H2,1-2H3. The third kappa shape index (κ3) is 4.89. The van der Waals surface area contributed by atoms with Crippen LogP contribution in [0.3, 0.4) is 0 Å². The zero-order chi connectivity index (χ0) is 19.4. The van der Waals surface area contributed by atoms with Gasteiger partial charge in [0.05, 0.1) is 11.9 Å². The molecule has 3 rings (SSSR count).